The van der Waals surface area contributed by atoms with Crippen LogP contribution in [-0.2, 0) is 5.54 Å². The molecule has 1 aromatic carbocycles. The Bertz CT molecular complexity index is 432. The lowest BCUT2D eigenvalue weighted by Gasteiger charge is -2.38. The van der Waals surface area contributed by atoms with E-state index < -0.39 is 5.54 Å². The number of benzene rings is 1. The van der Waals surface area contributed by atoms with E-state index in [0.717, 1.165) is 23.1 Å². The van der Waals surface area contributed by atoms with E-state index in [1.807, 2.05) is 25.1 Å². The molecule has 1 aliphatic rings. The summed E-state index contributed by atoms with van der Waals surface area (Å²) in [5, 5.41) is 9.57. The van der Waals surface area contributed by atoms with Crippen LogP contribution in [0.5, 0.6) is 0 Å². The zero-order valence-corrected chi connectivity index (χ0v) is 11.7. The summed E-state index contributed by atoms with van der Waals surface area (Å²) >= 11 is 3.48. The minimum Gasteiger partial charge on any atom is -0.282 e. The predicted octanol–water partition coefficient (Wildman–Crippen LogP) is 3.67. The number of hydrogen-bond acceptors (Lipinski definition) is 2. The molecule has 1 heterocycles. The lowest BCUT2D eigenvalue weighted by atomic mass is 9.90. The summed E-state index contributed by atoms with van der Waals surface area (Å²) in [6, 6.07) is 10.6. The zero-order valence-electron chi connectivity index (χ0n) is 10.1. The molecule has 1 fully saturated rings. The molecule has 17 heavy (non-hydrogen) atoms. The van der Waals surface area contributed by atoms with Crippen LogP contribution in [-0.4, -0.2) is 18.0 Å². The molecular formula is C14H17BrN2. The lowest BCUT2D eigenvalue weighted by Crippen LogP contribution is -2.45. The van der Waals surface area contributed by atoms with Gasteiger partial charge in [0.25, 0.3) is 0 Å². The molecule has 3 heteroatoms. The van der Waals surface area contributed by atoms with Gasteiger partial charge in [-0.3, -0.25) is 4.90 Å². The maximum absolute atomic E-state index is 9.57. The second-order valence-electron chi connectivity index (χ2n) is 4.74. The largest absolute Gasteiger partial charge is 0.282 e. The molecule has 1 atom stereocenters. The van der Waals surface area contributed by atoms with E-state index in [1.165, 1.54) is 19.3 Å². The molecule has 0 saturated carbocycles. The number of piperidine rings is 1. The molecule has 0 aromatic heterocycles. The van der Waals surface area contributed by atoms with Crippen LogP contribution in [0.25, 0.3) is 0 Å². The van der Waals surface area contributed by atoms with E-state index in [-0.39, 0.29) is 0 Å². The van der Waals surface area contributed by atoms with Gasteiger partial charge in [-0.2, -0.15) is 5.26 Å². The predicted molar refractivity (Wildman–Crippen MR) is 72.5 cm³/mol. The van der Waals surface area contributed by atoms with Crippen LogP contribution in [0.4, 0.5) is 0 Å². The van der Waals surface area contributed by atoms with Crippen molar-refractivity contribution in [2.45, 2.75) is 31.7 Å². The molecule has 1 unspecified atom stereocenters. The molecule has 0 radical (unpaired) electrons. The first-order valence-electron chi connectivity index (χ1n) is 6.09. The number of likely N-dealkylation sites (tertiary alicyclic amines) is 1. The SMILES string of the molecule is CC(C#N)(c1cccc(Br)c1)N1CCCCC1. The second kappa shape index (κ2) is 5.20. The van der Waals surface area contributed by atoms with E-state index in [2.05, 4.69) is 33.0 Å². The summed E-state index contributed by atoms with van der Waals surface area (Å²) in [6.45, 7) is 4.08. The summed E-state index contributed by atoms with van der Waals surface area (Å²) in [4.78, 5) is 2.30. The number of halogens is 1. The molecule has 1 aliphatic heterocycles. The van der Waals surface area contributed by atoms with E-state index in [9.17, 15) is 5.26 Å². The van der Waals surface area contributed by atoms with Crippen molar-refractivity contribution < 1.29 is 0 Å². The monoisotopic (exact) mass is 292 g/mol. The smallest absolute Gasteiger partial charge is 0.131 e. The zero-order chi connectivity index (χ0) is 12.3. The Balaban J connectivity index is 2.33. The van der Waals surface area contributed by atoms with Crippen molar-refractivity contribution in [3.05, 3.63) is 34.3 Å². The van der Waals surface area contributed by atoms with Gasteiger partial charge < -0.3 is 0 Å². The van der Waals surface area contributed by atoms with Gasteiger partial charge in [0, 0.05) is 4.47 Å². The van der Waals surface area contributed by atoms with Crippen molar-refractivity contribution in [1.82, 2.24) is 4.90 Å². The van der Waals surface area contributed by atoms with Crippen molar-refractivity contribution in [3.63, 3.8) is 0 Å². The summed E-state index contributed by atoms with van der Waals surface area (Å²) < 4.78 is 1.04. The highest BCUT2D eigenvalue weighted by atomic mass is 79.9. The topological polar surface area (TPSA) is 27.0 Å². The summed E-state index contributed by atoms with van der Waals surface area (Å²) in [5.41, 5.74) is 0.584. The van der Waals surface area contributed by atoms with Crippen LogP contribution in [0.15, 0.2) is 28.7 Å². The van der Waals surface area contributed by atoms with E-state index in [0.29, 0.717) is 0 Å². The Morgan fingerprint density at radius 2 is 2.00 bits per heavy atom. The van der Waals surface area contributed by atoms with E-state index in [1.54, 1.807) is 0 Å². The molecule has 1 saturated heterocycles. The minimum atomic E-state index is -0.496. The maximum atomic E-state index is 9.57. The van der Waals surface area contributed by atoms with Gasteiger partial charge >= 0.3 is 0 Å². The third-order valence-electron chi connectivity index (χ3n) is 3.59. The van der Waals surface area contributed by atoms with Gasteiger partial charge in [0.05, 0.1) is 6.07 Å². The summed E-state index contributed by atoms with van der Waals surface area (Å²) in [5.74, 6) is 0. The first-order chi connectivity index (χ1) is 8.16. The second-order valence-corrected chi connectivity index (χ2v) is 5.66. The number of hydrogen-bond donors (Lipinski definition) is 0. The molecule has 90 valence electrons. The Kier molecular flexibility index (Phi) is 3.86. The number of nitrogens with zero attached hydrogens (tertiary/aromatic N) is 2. The molecule has 2 nitrogen and oxygen atoms in total. The van der Waals surface area contributed by atoms with Crippen LogP contribution < -0.4 is 0 Å². The van der Waals surface area contributed by atoms with Gasteiger partial charge in [-0.05, 0) is 50.6 Å². The van der Waals surface area contributed by atoms with Crippen molar-refractivity contribution >= 4 is 15.9 Å². The van der Waals surface area contributed by atoms with Crippen LogP contribution in [0, 0.1) is 11.3 Å². The highest BCUT2D eigenvalue weighted by Crippen LogP contribution is 2.31. The van der Waals surface area contributed by atoms with Crippen molar-refractivity contribution in [1.29, 1.82) is 5.26 Å². The average molecular weight is 293 g/mol. The van der Waals surface area contributed by atoms with Gasteiger partial charge in [-0.15, -0.1) is 0 Å². The molecule has 2 rings (SSSR count). The number of nitriles is 1. The first-order valence-corrected chi connectivity index (χ1v) is 6.88. The minimum absolute atomic E-state index is 0.496. The number of rotatable bonds is 2. The molecule has 1 aromatic rings. The van der Waals surface area contributed by atoms with E-state index >= 15 is 0 Å². The van der Waals surface area contributed by atoms with Crippen molar-refractivity contribution in [2.24, 2.45) is 0 Å². The molecule has 0 spiro atoms. The molecule has 0 aliphatic carbocycles. The fourth-order valence-electron chi connectivity index (χ4n) is 2.45. The summed E-state index contributed by atoms with van der Waals surface area (Å²) in [7, 11) is 0. The molecule has 0 N–H and O–H groups in total. The standard InChI is InChI=1S/C14H17BrN2/c1-14(11-16,17-8-3-2-4-9-17)12-6-5-7-13(15)10-12/h5-7,10H,2-4,8-9H2,1H3. The van der Waals surface area contributed by atoms with Crippen LogP contribution in [0.3, 0.4) is 0 Å². The van der Waals surface area contributed by atoms with Gasteiger partial charge in [-0.1, -0.05) is 34.5 Å². The van der Waals surface area contributed by atoms with Crippen molar-refractivity contribution in [2.75, 3.05) is 13.1 Å². The van der Waals surface area contributed by atoms with Gasteiger partial charge in [0.15, 0.2) is 0 Å². The fraction of sp³-hybridized carbons (Fsp3) is 0.500. The third-order valence-corrected chi connectivity index (χ3v) is 4.09. The molecule has 0 amide bonds. The fourth-order valence-corrected chi connectivity index (χ4v) is 2.85. The highest BCUT2D eigenvalue weighted by molar-refractivity contribution is 9.10. The summed E-state index contributed by atoms with van der Waals surface area (Å²) in [6.07, 6.45) is 3.69. The van der Waals surface area contributed by atoms with Gasteiger partial charge in [0.1, 0.15) is 5.54 Å². The normalized spacial score (nSPS) is 20.5. The van der Waals surface area contributed by atoms with Gasteiger partial charge in [0.2, 0.25) is 0 Å². The van der Waals surface area contributed by atoms with Crippen LogP contribution in [0.2, 0.25) is 0 Å². The first kappa shape index (κ1) is 12.6. The Labute approximate surface area is 111 Å². The molecule has 0 bridgehead atoms. The van der Waals surface area contributed by atoms with Crippen molar-refractivity contribution in [3.8, 4) is 6.07 Å². The van der Waals surface area contributed by atoms with E-state index in [4.69, 9.17) is 0 Å². The molecular weight excluding hydrogens is 276 g/mol. The third kappa shape index (κ3) is 2.53. The Morgan fingerprint density at radius 3 is 2.59 bits per heavy atom. The Hall–Kier alpha value is -0.850. The van der Waals surface area contributed by atoms with Gasteiger partial charge in [-0.25, -0.2) is 0 Å². The quantitative estimate of drug-likeness (QED) is 0.831. The lowest BCUT2D eigenvalue weighted by molar-refractivity contribution is 0.123. The van der Waals surface area contributed by atoms with Crippen LogP contribution in [0.1, 0.15) is 31.7 Å². The van der Waals surface area contributed by atoms with Crippen LogP contribution >= 0.6 is 15.9 Å². The maximum Gasteiger partial charge on any atom is 0.131 e. The highest BCUT2D eigenvalue weighted by Gasteiger charge is 2.34. The average Bonchev–Trinajstić information content (AvgIpc) is 2.39. The Morgan fingerprint density at radius 1 is 1.29 bits per heavy atom.